The van der Waals surface area contributed by atoms with Crippen molar-refractivity contribution in [2.45, 2.75) is 52.3 Å². The summed E-state index contributed by atoms with van der Waals surface area (Å²) in [6, 6.07) is 13.5. The van der Waals surface area contributed by atoms with Gasteiger partial charge in [-0.3, -0.25) is 0 Å². The summed E-state index contributed by atoms with van der Waals surface area (Å²) >= 11 is 6.14. The molecule has 4 nitrogen and oxygen atoms in total. The van der Waals surface area contributed by atoms with Gasteiger partial charge in [0.05, 0.1) is 0 Å². The molecular formula is C25H33ClNO3P. The van der Waals surface area contributed by atoms with Crippen molar-refractivity contribution >= 4 is 36.4 Å². The molecule has 0 saturated carbocycles. The number of aryl methyl sites for hydroxylation is 2. The summed E-state index contributed by atoms with van der Waals surface area (Å²) < 4.78 is 5.60. The van der Waals surface area contributed by atoms with Crippen molar-refractivity contribution in [1.29, 1.82) is 0 Å². The van der Waals surface area contributed by atoms with Crippen LogP contribution < -0.4 is 5.32 Å². The predicted octanol–water partition coefficient (Wildman–Crippen LogP) is 5.96. The molecule has 168 valence electrons. The third kappa shape index (κ3) is 6.08. The molecule has 1 amide bonds. The fourth-order valence-electron chi connectivity index (χ4n) is 4.71. The molecule has 1 fully saturated rings. The first kappa shape index (κ1) is 23.8. The van der Waals surface area contributed by atoms with Crippen molar-refractivity contribution in [3.05, 3.63) is 64.2 Å². The number of halogens is 1. The molecule has 1 N–H and O–H groups in total. The van der Waals surface area contributed by atoms with Crippen molar-refractivity contribution in [3.63, 3.8) is 0 Å². The van der Waals surface area contributed by atoms with Crippen LogP contribution in [0.5, 0.6) is 0 Å². The van der Waals surface area contributed by atoms with Crippen LogP contribution in [0.4, 0.5) is 5.69 Å². The standard InChI is InChI=1S/C25H33ClNO3P/c1-18-14-22(26)15-19(2)24(18)27-25(29)20(3)31(12-8-5-9-13-31)17-23(28)30-16-21-10-6-4-7-11-21/h4,6-7,10-11,14-15,20,31H,5,8-9,12-13,16-17H2,1-3H3,(H,27,29). The van der Waals surface area contributed by atoms with Gasteiger partial charge in [0.15, 0.2) is 0 Å². The summed E-state index contributed by atoms with van der Waals surface area (Å²) in [6.45, 7) is 6.20. The Hall–Kier alpha value is -1.90. The molecule has 0 spiro atoms. The van der Waals surface area contributed by atoms with Crippen LogP contribution in [0.25, 0.3) is 0 Å². The fourth-order valence-corrected chi connectivity index (χ4v) is 10.0. The van der Waals surface area contributed by atoms with Crippen molar-refractivity contribution in [1.82, 2.24) is 0 Å². The van der Waals surface area contributed by atoms with Crippen LogP contribution in [0.1, 0.15) is 42.9 Å². The first-order valence-corrected chi connectivity index (χ1v) is 14.2. The van der Waals surface area contributed by atoms with E-state index in [4.69, 9.17) is 16.3 Å². The van der Waals surface area contributed by atoms with Gasteiger partial charge in [0.1, 0.15) is 0 Å². The molecule has 0 bridgehead atoms. The number of anilines is 1. The van der Waals surface area contributed by atoms with E-state index in [1.165, 1.54) is 6.42 Å². The zero-order valence-electron chi connectivity index (χ0n) is 18.7. The van der Waals surface area contributed by atoms with Crippen molar-refractivity contribution in [2.75, 3.05) is 23.8 Å². The van der Waals surface area contributed by atoms with Gasteiger partial charge in [-0.05, 0) is 0 Å². The van der Waals surface area contributed by atoms with Crippen LogP contribution in [0.15, 0.2) is 42.5 Å². The molecule has 2 aromatic rings. The molecule has 0 aromatic heterocycles. The minimum atomic E-state index is -2.16. The molecule has 3 rings (SSSR count). The second-order valence-corrected chi connectivity index (χ2v) is 14.3. The van der Waals surface area contributed by atoms with E-state index in [2.05, 4.69) is 5.32 Å². The Morgan fingerprint density at radius 1 is 1.06 bits per heavy atom. The van der Waals surface area contributed by atoms with Gasteiger partial charge in [-0.2, -0.15) is 0 Å². The van der Waals surface area contributed by atoms with Gasteiger partial charge in [-0.25, -0.2) is 0 Å². The zero-order chi connectivity index (χ0) is 22.4. The van der Waals surface area contributed by atoms with E-state index in [-0.39, 0.29) is 24.1 Å². The number of hydrogen-bond donors (Lipinski definition) is 1. The van der Waals surface area contributed by atoms with Gasteiger partial charge in [-0.15, -0.1) is 0 Å². The molecule has 1 unspecified atom stereocenters. The minimum absolute atomic E-state index is 0.0120. The monoisotopic (exact) mass is 461 g/mol. The van der Waals surface area contributed by atoms with Crippen LogP contribution in [0, 0.1) is 13.8 Å². The van der Waals surface area contributed by atoms with Crippen LogP contribution in [0.3, 0.4) is 0 Å². The van der Waals surface area contributed by atoms with E-state index in [0.717, 1.165) is 47.5 Å². The van der Waals surface area contributed by atoms with Gasteiger partial charge in [0.2, 0.25) is 0 Å². The van der Waals surface area contributed by atoms with Gasteiger partial charge >= 0.3 is 191 Å². The average molecular weight is 462 g/mol. The predicted molar refractivity (Wildman–Crippen MR) is 132 cm³/mol. The molecule has 6 heteroatoms. The van der Waals surface area contributed by atoms with E-state index in [0.29, 0.717) is 11.2 Å². The Bertz CT molecular complexity index is 903. The van der Waals surface area contributed by atoms with E-state index in [1.807, 2.05) is 63.2 Å². The van der Waals surface area contributed by atoms with Crippen LogP contribution >= 0.6 is 18.9 Å². The number of esters is 1. The third-order valence-corrected chi connectivity index (χ3v) is 12.7. The SMILES string of the molecule is Cc1cc(Cl)cc(C)c1NC(=O)C(C)[PH]1(CC(=O)OCc2ccccc2)CCCCC1. The molecule has 1 aliphatic rings. The summed E-state index contributed by atoms with van der Waals surface area (Å²) in [5.41, 5.74) is 3.55. The maximum atomic E-state index is 13.3. The molecule has 1 aliphatic heterocycles. The average Bonchev–Trinajstić information content (AvgIpc) is 2.75. The van der Waals surface area contributed by atoms with E-state index in [9.17, 15) is 9.59 Å². The number of carbonyl (C=O) groups is 2. The van der Waals surface area contributed by atoms with Gasteiger partial charge in [-0.1, -0.05) is 0 Å². The number of benzene rings is 2. The normalized spacial score (nSPS) is 17.4. The number of nitrogens with one attached hydrogen (secondary N) is 1. The van der Waals surface area contributed by atoms with Gasteiger partial charge in [0.25, 0.3) is 0 Å². The molecule has 1 heterocycles. The van der Waals surface area contributed by atoms with Crippen LogP contribution in [-0.2, 0) is 20.9 Å². The third-order valence-electron chi connectivity index (χ3n) is 6.65. The summed E-state index contributed by atoms with van der Waals surface area (Å²) in [7, 11) is -2.16. The zero-order valence-corrected chi connectivity index (χ0v) is 20.4. The summed E-state index contributed by atoms with van der Waals surface area (Å²) in [6.07, 6.45) is 5.77. The maximum absolute atomic E-state index is 13.3. The Balaban J connectivity index is 1.71. The molecule has 1 saturated heterocycles. The van der Waals surface area contributed by atoms with Crippen molar-refractivity contribution in [3.8, 4) is 0 Å². The van der Waals surface area contributed by atoms with Crippen molar-refractivity contribution in [2.24, 2.45) is 0 Å². The number of amides is 1. The van der Waals surface area contributed by atoms with Crippen LogP contribution in [-0.4, -0.2) is 36.0 Å². The first-order valence-electron chi connectivity index (χ1n) is 11.1. The topological polar surface area (TPSA) is 55.4 Å². The summed E-state index contributed by atoms with van der Waals surface area (Å²) in [5, 5.41) is 3.81. The Morgan fingerprint density at radius 2 is 1.68 bits per heavy atom. The molecular weight excluding hydrogens is 429 g/mol. The quantitative estimate of drug-likeness (QED) is 0.408. The summed E-state index contributed by atoms with van der Waals surface area (Å²) in [5.74, 6) is -0.158. The number of rotatable bonds is 7. The summed E-state index contributed by atoms with van der Waals surface area (Å²) in [4.78, 5) is 26.1. The number of ether oxygens (including phenoxy) is 1. The first-order chi connectivity index (χ1) is 14.8. The Labute approximate surface area is 191 Å². The molecule has 2 aromatic carbocycles. The van der Waals surface area contributed by atoms with Gasteiger partial charge < -0.3 is 0 Å². The Kier molecular flexibility index (Phi) is 8.13. The number of carbonyl (C=O) groups excluding carboxylic acids is 2. The Morgan fingerprint density at radius 3 is 2.29 bits per heavy atom. The second-order valence-electron chi connectivity index (χ2n) is 8.87. The van der Waals surface area contributed by atoms with Gasteiger partial charge in [0, 0.05) is 0 Å². The molecule has 31 heavy (non-hydrogen) atoms. The van der Waals surface area contributed by atoms with Crippen molar-refractivity contribution < 1.29 is 14.3 Å². The fraction of sp³-hybridized carbons (Fsp3) is 0.440. The van der Waals surface area contributed by atoms with E-state index >= 15 is 0 Å². The van der Waals surface area contributed by atoms with Crippen LogP contribution in [0.2, 0.25) is 5.02 Å². The molecule has 0 aliphatic carbocycles. The molecule has 0 radical (unpaired) electrons. The van der Waals surface area contributed by atoms with E-state index < -0.39 is 7.26 Å². The number of hydrogen-bond acceptors (Lipinski definition) is 3. The molecule has 1 atom stereocenters. The second kappa shape index (κ2) is 10.6. The van der Waals surface area contributed by atoms with E-state index in [1.54, 1.807) is 0 Å².